The van der Waals surface area contributed by atoms with Crippen LogP contribution in [0.3, 0.4) is 0 Å². The largest absolute Gasteiger partial charge is 0.493 e. The Morgan fingerprint density at radius 1 is 1.07 bits per heavy atom. The SMILES string of the molecule is COc1ccc(-c2ccc(=O)n(CC3CCN(S(=O)(=O)N(C)C)CC3)n2)cc1OC. The van der Waals surface area contributed by atoms with Crippen molar-refractivity contribution in [3.05, 3.63) is 40.7 Å². The molecule has 1 aromatic heterocycles. The predicted molar refractivity (Wildman–Crippen MR) is 114 cm³/mol. The maximum absolute atomic E-state index is 12.4. The van der Waals surface area contributed by atoms with Crippen LogP contribution in [0.4, 0.5) is 0 Å². The number of benzene rings is 1. The molecule has 0 N–H and O–H groups in total. The summed E-state index contributed by atoms with van der Waals surface area (Å²) in [5.41, 5.74) is 1.29. The summed E-state index contributed by atoms with van der Waals surface area (Å²) in [6.45, 7) is 1.33. The number of methoxy groups -OCH3 is 2. The molecule has 1 aromatic carbocycles. The molecule has 0 amide bonds. The zero-order chi connectivity index (χ0) is 21.9. The maximum atomic E-state index is 12.4. The summed E-state index contributed by atoms with van der Waals surface area (Å²) in [6.07, 6.45) is 1.36. The fourth-order valence-electron chi connectivity index (χ4n) is 3.53. The van der Waals surface area contributed by atoms with Crippen molar-refractivity contribution >= 4 is 10.2 Å². The average molecular weight is 437 g/mol. The normalized spacial score (nSPS) is 16.0. The number of hydrogen-bond acceptors (Lipinski definition) is 6. The smallest absolute Gasteiger partial charge is 0.281 e. The Hall–Kier alpha value is -2.43. The summed E-state index contributed by atoms with van der Waals surface area (Å²) in [6, 6.07) is 8.67. The molecule has 0 unspecified atom stereocenters. The molecule has 10 heteroatoms. The first-order chi connectivity index (χ1) is 14.3. The van der Waals surface area contributed by atoms with Gasteiger partial charge in [-0.25, -0.2) is 4.68 Å². The van der Waals surface area contributed by atoms with Crippen LogP contribution in [0.2, 0.25) is 0 Å². The summed E-state index contributed by atoms with van der Waals surface area (Å²) < 4.78 is 39.3. The molecule has 0 atom stereocenters. The van der Waals surface area contributed by atoms with E-state index in [1.807, 2.05) is 12.1 Å². The van der Waals surface area contributed by atoms with Crippen LogP contribution in [0, 0.1) is 5.92 Å². The van der Waals surface area contributed by atoms with Crippen molar-refractivity contribution in [1.82, 2.24) is 18.4 Å². The number of ether oxygens (including phenoxy) is 2. The molecule has 164 valence electrons. The summed E-state index contributed by atoms with van der Waals surface area (Å²) in [7, 11) is 2.81. The molecular weight excluding hydrogens is 408 g/mol. The topological polar surface area (TPSA) is 94.0 Å². The van der Waals surface area contributed by atoms with E-state index in [0.29, 0.717) is 49.7 Å². The summed E-state index contributed by atoms with van der Waals surface area (Å²) >= 11 is 0. The number of nitrogens with zero attached hydrogens (tertiary/aromatic N) is 4. The quantitative estimate of drug-likeness (QED) is 0.652. The van der Waals surface area contributed by atoms with Crippen LogP contribution < -0.4 is 15.0 Å². The van der Waals surface area contributed by atoms with E-state index in [9.17, 15) is 13.2 Å². The van der Waals surface area contributed by atoms with Crippen molar-refractivity contribution in [2.45, 2.75) is 19.4 Å². The Balaban J connectivity index is 1.75. The molecule has 0 aliphatic carbocycles. The van der Waals surface area contributed by atoms with Crippen molar-refractivity contribution in [3.63, 3.8) is 0 Å². The maximum Gasteiger partial charge on any atom is 0.281 e. The fraction of sp³-hybridized carbons (Fsp3) is 0.500. The summed E-state index contributed by atoms with van der Waals surface area (Å²) in [5, 5.41) is 4.53. The molecule has 0 radical (unpaired) electrons. The van der Waals surface area contributed by atoms with Crippen molar-refractivity contribution < 1.29 is 17.9 Å². The van der Waals surface area contributed by atoms with E-state index in [-0.39, 0.29) is 11.5 Å². The molecule has 0 saturated carbocycles. The lowest BCUT2D eigenvalue weighted by molar-refractivity contribution is 0.237. The third-order valence-electron chi connectivity index (χ3n) is 5.34. The molecule has 2 aromatic rings. The first kappa shape index (κ1) is 22.3. The third kappa shape index (κ3) is 4.66. The van der Waals surface area contributed by atoms with Crippen LogP contribution in [-0.4, -0.2) is 68.2 Å². The van der Waals surface area contributed by atoms with Crippen LogP contribution in [0.25, 0.3) is 11.3 Å². The number of piperidine rings is 1. The second-order valence-electron chi connectivity index (χ2n) is 7.44. The molecule has 1 aliphatic rings. The molecular formula is C20H28N4O5S. The lowest BCUT2D eigenvalue weighted by Crippen LogP contribution is -2.45. The Morgan fingerprint density at radius 3 is 2.33 bits per heavy atom. The molecule has 0 bridgehead atoms. The van der Waals surface area contributed by atoms with Gasteiger partial charge in [0.05, 0.1) is 19.9 Å². The van der Waals surface area contributed by atoms with Crippen LogP contribution in [0.15, 0.2) is 35.1 Å². The van der Waals surface area contributed by atoms with Crippen LogP contribution in [0.1, 0.15) is 12.8 Å². The zero-order valence-corrected chi connectivity index (χ0v) is 18.6. The van der Waals surface area contributed by atoms with Crippen molar-refractivity contribution in [2.75, 3.05) is 41.4 Å². The van der Waals surface area contributed by atoms with Crippen LogP contribution >= 0.6 is 0 Å². The summed E-state index contributed by atoms with van der Waals surface area (Å²) in [4.78, 5) is 12.4. The third-order valence-corrected chi connectivity index (χ3v) is 7.28. The van der Waals surface area contributed by atoms with Crippen molar-refractivity contribution in [2.24, 2.45) is 5.92 Å². The highest BCUT2D eigenvalue weighted by Gasteiger charge is 2.29. The first-order valence-electron chi connectivity index (χ1n) is 9.74. The molecule has 0 spiro atoms. The minimum Gasteiger partial charge on any atom is -0.493 e. The van der Waals surface area contributed by atoms with Gasteiger partial charge >= 0.3 is 0 Å². The molecule has 1 saturated heterocycles. The Kier molecular flexibility index (Phi) is 6.79. The van der Waals surface area contributed by atoms with Crippen LogP contribution in [0.5, 0.6) is 11.5 Å². The average Bonchev–Trinajstić information content (AvgIpc) is 2.75. The van der Waals surface area contributed by atoms with Gasteiger partial charge in [-0.1, -0.05) is 0 Å². The second kappa shape index (κ2) is 9.15. The summed E-state index contributed by atoms with van der Waals surface area (Å²) in [5.74, 6) is 1.39. The van der Waals surface area contributed by atoms with E-state index in [0.717, 1.165) is 5.56 Å². The molecule has 2 heterocycles. The first-order valence-corrected chi connectivity index (χ1v) is 11.1. The van der Waals surface area contributed by atoms with Gasteiger partial charge in [-0.05, 0) is 43.0 Å². The molecule has 9 nitrogen and oxygen atoms in total. The lowest BCUT2D eigenvalue weighted by atomic mass is 9.98. The van der Waals surface area contributed by atoms with Crippen molar-refractivity contribution in [3.8, 4) is 22.8 Å². The predicted octanol–water partition coefficient (Wildman–Crippen LogP) is 1.45. The monoisotopic (exact) mass is 436 g/mol. The van der Waals surface area contributed by atoms with Gasteiger partial charge in [-0.3, -0.25) is 4.79 Å². The Morgan fingerprint density at radius 2 is 1.73 bits per heavy atom. The molecule has 3 rings (SSSR count). The van der Waals surface area contributed by atoms with E-state index in [2.05, 4.69) is 5.10 Å². The number of aromatic nitrogens is 2. The van der Waals surface area contributed by atoms with E-state index < -0.39 is 10.2 Å². The van der Waals surface area contributed by atoms with Gasteiger partial charge in [-0.2, -0.15) is 22.1 Å². The second-order valence-corrected chi connectivity index (χ2v) is 9.58. The Labute approximate surface area is 177 Å². The van der Waals surface area contributed by atoms with Gasteiger partial charge in [-0.15, -0.1) is 0 Å². The van der Waals surface area contributed by atoms with Crippen molar-refractivity contribution in [1.29, 1.82) is 0 Å². The minimum atomic E-state index is -3.40. The molecule has 1 aliphatic heterocycles. The zero-order valence-electron chi connectivity index (χ0n) is 17.7. The Bertz CT molecular complexity index is 1040. The van der Waals surface area contributed by atoms with E-state index in [4.69, 9.17) is 9.47 Å². The number of rotatable bonds is 7. The lowest BCUT2D eigenvalue weighted by Gasteiger charge is -2.32. The minimum absolute atomic E-state index is 0.178. The fourth-order valence-corrected chi connectivity index (χ4v) is 4.66. The highest BCUT2D eigenvalue weighted by Crippen LogP contribution is 2.31. The van der Waals surface area contributed by atoms with Gasteiger partial charge < -0.3 is 9.47 Å². The van der Waals surface area contributed by atoms with E-state index >= 15 is 0 Å². The van der Waals surface area contributed by atoms with E-state index in [1.54, 1.807) is 26.4 Å². The van der Waals surface area contributed by atoms with E-state index in [1.165, 1.54) is 33.5 Å². The van der Waals surface area contributed by atoms with Gasteiger partial charge in [0.15, 0.2) is 11.5 Å². The molecule has 1 fully saturated rings. The van der Waals surface area contributed by atoms with Crippen LogP contribution in [-0.2, 0) is 16.8 Å². The highest BCUT2D eigenvalue weighted by molar-refractivity contribution is 7.86. The van der Waals surface area contributed by atoms with Gasteiger partial charge in [0.25, 0.3) is 15.8 Å². The van der Waals surface area contributed by atoms with Gasteiger partial charge in [0.1, 0.15) is 0 Å². The molecule has 30 heavy (non-hydrogen) atoms. The number of hydrogen-bond donors (Lipinski definition) is 0. The van der Waals surface area contributed by atoms with Gasteiger partial charge in [0.2, 0.25) is 0 Å². The van der Waals surface area contributed by atoms with Gasteiger partial charge in [0, 0.05) is 45.4 Å². The highest BCUT2D eigenvalue weighted by atomic mass is 32.2. The standard InChI is InChI=1S/C20H28N4O5S/c1-22(2)30(26,27)23-11-9-15(10-12-23)14-24-20(25)8-6-17(21-24)16-5-7-18(28-3)19(13-16)29-4/h5-8,13,15H,9-12,14H2,1-4H3.